The molecule has 1 unspecified atom stereocenters. The van der Waals surface area contributed by atoms with E-state index in [0.717, 1.165) is 10.6 Å². The summed E-state index contributed by atoms with van der Waals surface area (Å²) < 4.78 is 38.2. The van der Waals surface area contributed by atoms with E-state index in [-0.39, 0.29) is 18.9 Å². The first-order chi connectivity index (χ1) is 12.6. The van der Waals surface area contributed by atoms with Crippen molar-refractivity contribution in [2.75, 3.05) is 12.8 Å². The van der Waals surface area contributed by atoms with Crippen LogP contribution in [0, 0.1) is 5.82 Å². The van der Waals surface area contributed by atoms with Gasteiger partial charge in [0.05, 0.1) is 28.9 Å². The van der Waals surface area contributed by atoms with Gasteiger partial charge in [0.1, 0.15) is 5.82 Å². The predicted molar refractivity (Wildman–Crippen MR) is 105 cm³/mol. The van der Waals surface area contributed by atoms with Crippen LogP contribution < -0.4 is 5.32 Å². The lowest BCUT2D eigenvalue weighted by atomic mass is 10.1. The zero-order chi connectivity index (χ0) is 20.2. The second-order valence-corrected chi connectivity index (χ2v) is 8.92. The van der Waals surface area contributed by atoms with E-state index in [1.807, 2.05) is 0 Å². The van der Waals surface area contributed by atoms with Crippen LogP contribution in [-0.4, -0.2) is 31.4 Å². The van der Waals surface area contributed by atoms with Gasteiger partial charge in [-0.15, -0.1) is 0 Å². The normalized spacial score (nSPS) is 12.8. The summed E-state index contributed by atoms with van der Waals surface area (Å²) in [5.41, 5.74) is 1.31. The van der Waals surface area contributed by atoms with Crippen molar-refractivity contribution in [1.82, 2.24) is 9.62 Å². The largest absolute Gasteiger partial charge is 0.348 e. The molecule has 27 heavy (non-hydrogen) atoms. The first kappa shape index (κ1) is 21.6. The number of hydrogen-bond acceptors (Lipinski definition) is 3. The predicted octanol–water partition coefficient (Wildman–Crippen LogP) is 3.77. The van der Waals surface area contributed by atoms with Crippen LogP contribution in [0.2, 0.25) is 10.0 Å². The maximum Gasteiger partial charge on any atom is 0.235 e. The highest BCUT2D eigenvalue weighted by Gasteiger charge is 2.22. The second-order valence-electron chi connectivity index (χ2n) is 6.12. The smallest absolute Gasteiger partial charge is 0.235 e. The average Bonchev–Trinajstić information content (AvgIpc) is 2.57. The number of carbonyl (C=O) groups excluding carboxylic acids is 1. The minimum atomic E-state index is -3.64. The molecule has 0 aliphatic heterocycles. The SMILES string of the molecule is CC(NC(=O)CN(Cc1ccc(Cl)c(Cl)c1)S(C)(=O)=O)c1ccc(F)cc1. The fourth-order valence-corrected chi connectivity index (χ4v) is 3.47. The Morgan fingerprint density at radius 3 is 2.33 bits per heavy atom. The molecule has 2 aromatic carbocycles. The van der Waals surface area contributed by atoms with Crippen molar-refractivity contribution >= 4 is 39.1 Å². The van der Waals surface area contributed by atoms with Crippen LogP contribution in [0.3, 0.4) is 0 Å². The van der Waals surface area contributed by atoms with Gasteiger partial charge in [0.15, 0.2) is 0 Å². The van der Waals surface area contributed by atoms with Crippen LogP contribution in [0.25, 0.3) is 0 Å². The highest BCUT2D eigenvalue weighted by atomic mass is 35.5. The number of carbonyl (C=O) groups is 1. The minimum absolute atomic E-state index is 0.0198. The molecule has 0 spiro atoms. The number of sulfonamides is 1. The molecule has 0 aliphatic rings. The van der Waals surface area contributed by atoms with Gasteiger partial charge in [-0.1, -0.05) is 41.4 Å². The number of nitrogens with zero attached hydrogens (tertiary/aromatic N) is 1. The quantitative estimate of drug-likeness (QED) is 0.723. The topological polar surface area (TPSA) is 66.5 Å². The summed E-state index contributed by atoms with van der Waals surface area (Å²) in [6.45, 7) is 1.35. The summed E-state index contributed by atoms with van der Waals surface area (Å²) in [7, 11) is -3.64. The monoisotopic (exact) mass is 432 g/mol. The highest BCUT2D eigenvalue weighted by molar-refractivity contribution is 7.88. The molecule has 1 N–H and O–H groups in total. The molecule has 146 valence electrons. The molecule has 0 bridgehead atoms. The van der Waals surface area contributed by atoms with Gasteiger partial charge >= 0.3 is 0 Å². The summed E-state index contributed by atoms with van der Waals surface area (Å²) in [4.78, 5) is 12.3. The Morgan fingerprint density at radius 1 is 1.15 bits per heavy atom. The van der Waals surface area contributed by atoms with Gasteiger partial charge in [-0.3, -0.25) is 4.79 Å². The summed E-state index contributed by atoms with van der Waals surface area (Å²) >= 11 is 11.8. The first-order valence-corrected chi connectivity index (χ1v) is 10.6. The zero-order valence-corrected chi connectivity index (χ0v) is 17.1. The van der Waals surface area contributed by atoms with Crippen molar-refractivity contribution in [2.45, 2.75) is 19.5 Å². The van der Waals surface area contributed by atoms with E-state index >= 15 is 0 Å². The van der Waals surface area contributed by atoms with Crippen LogP contribution in [0.4, 0.5) is 4.39 Å². The minimum Gasteiger partial charge on any atom is -0.348 e. The molecule has 0 saturated carbocycles. The van der Waals surface area contributed by atoms with Crippen molar-refractivity contribution in [1.29, 1.82) is 0 Å². The number of halogens is 3. The molecule has 2 aromatic rings. The highest BCUT2D eigenvalue weighted by Crippen LogP contribution is 2.23. The van der Waals surface area contributed by atoms with E-state index in [9.17, 15) is 17.6 Å². The number of benzene rings is 2. The third-order valence-electron chi connectivity index (χ3n) is 3.88. The van der Waals surface area contributed by atoms with Gasteiger partial charge in [-0.05, 0) is 42.3 Å². The second kappa shape index (κ2) is 9.01. The molecule has 0 saturated heterocycles. The third-order valence-corrected chi connectivity index (χ3v) is 5.81. The van der Waals surface area contributed by atoms with E-state index in [1.54, 1.807) is 37.3 Å². The van der Waals surface area contributed by atoms with Crippen LogP contribution in [0.15, 0.2) is 42.5 Å². The van der Waals surface area contributed by atoms with E-state index in [2.05, 4.69) is 5.32 Å². The number of hydrogen-bond donors (Lipinski definition) is 1. The van der Waals surface area contributed by atoms with E-state index in [1.165, 1.54) is 12.1 Å². The van der Waals surface area contributed by atoms with Crippen LogP contribution in [0.5, 0.6) is 0 Å². The van der Waals surface area contributed by atoms with Crippen molar-refractivity contribution in [3.05, 3.63) is 69.5 Å². The van der Waals surface area contributed by atoms with Crippen molar-refractivity contribution in [3.63, 3.8) is 0 Å². The Morgan fingerprint density at radius 2 is 1.78 bits per heavy atom. The van der Waals surface area contributed by atoms with E-state index < -0.39 is 22.0 Å². The fraction of sp³-hybridized carbons (Fsp3) is 0.278. The molecular weight excluding hydrogens is 414 g/mol. The maximum absolute atomic E-state index is 13.0. The molecule has 0 radical (unpaired) electrons. The lowest BCUT2D eigenvalue weighted by molar-refractivity contribution is -0.122. The number of rotatable bonds is 7. The Bertz CT molecular complexity index is 921. The van der Waals surface area contributed by atoms with E-state index in [0.29, 0.717) is 21.2 Å². The lowest BCUT2D eigenvalue weighted by Gasteiger charge is -2.21. The standard InChI is InChI=1S/C18H19Cl2FN2O3S/c1-12(14-4-6-15(21)7-5-14)22-18(24)11-23(27(2,25)26)10-13-3-8-16(19)17(20)9-13/h3-9,12H,10-11H2,1-2H3,(H,22,24). The van der Waals surface area contributed by atoms with Crippen LogP contribution in [-0.2, 0) is 21.4 Å². The average molecular weight is 433 g/mol. The molecule has 1 atom stereocenters. The number of amides is 1. The van der Waals surface area contributed by atoms with E-state index in [4.69, 9.17) is 23.2 Å². The third kappa shape index (κ3) is 6.46. The van der Waals surface area contributed by atoms with Crippen molar-refractivity contribution in [2.24, 2.45) is 0 Å². The van der Waals surface area contributed by atoms with Gasteiger partial charge in [0, 0.05) is 6.54 Å². The molecule has 2 rings (SSSR count). The van der Waals surface area contributed by atoms with Gasteiger partial charge in [-0.2, -0.15) is 4.31 Å². The lowest BCUT2D eigenvalue weighted by Crippen LogP contribution is -2.40. The Hall–Kier alpha value is -1.67. The Labute approximate surface area is 168 Å². The molecule has 0 fully saturated rings. The molecular formula is C18H19Cl2FN2O3S. The maximum atomic E-state index is 13.0. The molecule has 1 amide bonds. The van der Waals surface area contributed by atoms with Crippen molar-refractivity contribution in [3.8, 4) is 0 Å². The van der Waals surface area contributed by atoms with Gasteiger partial charge in [0.2, 0.25) is 15.9 Å². The number of nitrogens with one attached hydrogen (secondary N) is 1. The molecule has 0 aliphatic carbocycles. The fourth-order valence-electron chi connectivity index (χ4n) is 2.41. The first-order valence-electron chi connectivity index (χ1n) is 8.00. The van der Waals surface area contributed by atoms with Gasteiger partial charge in [0.25, 0.3) is 0 Å². The summed E-state index contributed by atoms with van der Waals surface area (Å²) in [5, 5.41) is 3.37. The van der Waals surface area contributed by atoms with Crippen LogP contribution in [0.1, 0.15) is 24.1 Å². The van der Waals surface area contributed by atoms with Crippen LogP contribution >= 0.6 is 23.2 Å². The van der Waals surface area contributed by atoms with Crippen molar-refractivity contribution < 1.29 is 17.6 Å². The molecule has 9 heteroatoms. The summed E-state index contributed by atoms with van der Waals surface area (Å²) in [5.74, 6) is -0.848. The Kier molecular flexibility index (Phi) is 7.22. The summed E-state index contributed by atoms with van der Waals surface area (Å²) in [6, 6.07) is 10.1. The van der Waals surface area contributed by atoms with Gasteiger partial charge < -0.3 is 5.32 Å². The summed E-state index contributed by atoms with van der Waals surface area (Å²) in [6.07, 6.45) is 1.03. The molecule has 0 aromatic heterocycles. The zero-order valence-electron chi connectivity index (χ0n) is 14.7. The molecule has 5 nitrogen and oxygen atoms in total. The Balaban J connectivity index is 2.07. The van der Waals surface area contributed by atoms with Gasteiger partial charge in [-0.25, -0.2) is 12.8 Å². The molecule has 0 heterocycles.